The summed E-state index contributed by atoms with van der Waals surface area (Å²) in [7, 11) is 0. The van der Waals surface area contributed by atoms with E-state index in [1.807, 2.05) is 0 Å². The molecule has 18 heavy (non-hydrogen) atoms. The van der Waals surface area contributed by atoms with Crippen LogP contribution >= 0.6 is 0 Å². The zero-order valence-electron chi connectivity index (χ0n) is 10.4. The summed E-state index contributed by atoms with van der Waals surface area (Å²) in [5.74, 6) is -0.533. The average Bonchev–Trinajstić information content (AvgIpc) is 2.27. The first kappa shape index (κ1) is 14.5. The number of alkyl halides is 2. The molecular formula is C12H16F2N2O2. The molecule has 1 N–H and O–H groups in total. The van der Waals surface area contributed by atoms with E-state index in [4.69, 9.17) is 5.11 Å². The van der Waals surface area contributed by atoms with Crippen molar-refractivity contribution in [2.75, 3.05) is 19.7 Å². The van der Waals surface area contributed by atoms with Gasteiger partial charge >= 0.3 is 0 Å². The maximum Gasteiger partial charge on any atom is 0.255 e. The van der Waals surface area contributed by atoms with Crippen molar-refractivity contribution in [1.29, 1.82) is 0 Å². The molecule has 0 fully saturated rings. The summed E-state index contributed by atoms with van der Waals surface area (Å²) >= 11 is 0. The van der Waals surface area contributed by atoms with Crippen molar-refractivity contribution in [1.82, 2.24) is 9.88 Å². The van der Waals surface area contributed by atoms with Gasteiger partial charge < -0.3 is 10.0 Å². The van der Waals surface area contributed by atoms with Gasteiger partial charge in [0.25, 0.3) is 12.3 Å². The minimum Gasteiger partial charge on any atom is -0.395 e. The number of aliphatic hydroxyl groups excluding tert-OH is 1. The first-order valence-corrected chi connectivity index (χ1v) is 5.58. The Kier molecular flexibility index (Phi) is 5.15. The molecule has 0 aliphatic rings. The molecule has 1 heterocycles. The Morgan fingerprint density at radius 2 is 2.11 bits per heavy atom. The number of pyridine rings is 1. The topological polar surface area (TPSA) is 53.4 Å². The lowest BCUT2D eigenvalue weighted by Gasteiger charge is -2.22. The van der Waals surface area contributed by atoms with Crippen molar-refractivity contribution in [3.05, 3.63) is 29.1 Å². The van der Waals surface area contributed by atoms with E-state index < -0.39 is 18.9 Å². The standard InChI is InChI=1S/C12H16F2N2O2/c1-8-3-4-10(9(2)15-8)12(18)16(5-6-17)7-11(13)14/h3-4,11,17H,5-7H2,1-2H3. The summed E-state index contributed by atoms with van der Waals surface area (Å²) in [6, 6.07) is 3.22. The molecule has 0 unspecified atom stereocenters. The van der Waals surface area contributed by atoms with E-state index in [0.717, 1.165) is 10.6 Å². The van der Waals surface area contributed by atoms with Crippen molar-refractivity contribution < 1.29 is 18.7 Å². The van der Waals surface area contributed by atoms with Crippen molar-refractivity contribution in [2.24, 2.45) is 0 Å². The second kappa shape index (κ2) is 6.39. The SMILES string of the molecule is Cc1ccc(C(=O)N(CCO)CC(F)F)c(C)n1. The first-order chi connectivity index (χ1) is 8.45. The van der Waals surface area contributed by atoms with Gasteiger partial charge in [-0.3, -0.25) is 9.78 Å². The Hall–Kier alpha value is -1.56. The number of carbonyl (C=O) groups excluding carboxylic acids is 1. The third-order valence-corrected chi connectivity index (χ3v) is 2.47. The molecule has 1 rings (SSSR count). The molecule has 6 heteroatoms. The number of carbonyl (C=O) groups is 1. The first-order valence-electron chi connectivity index (χ1n) is 5.58. The molecule has 0 bridgehead atoms. The number of rotatable bonds is 5. The fourth-order valence-electron chi connectivity index (χ4n) is 1.65. The highest BCUT2D eigenvalue weighted by molar-refractivity contribution is 5.95. The number of nitrogens with zero attached hydrogens (tertiary/aromatic N) is 2. The van der Waals surface area contributed by atoms with Crippen molar-refractivity contribution >= 4 is 5.91 Å². The third kappa shape index (κ3) is 3.73. The minimum atomic E-state index is -2.63. The largest absolute Gasteiger partial charge is 0.395 e. The highest BCUT2D eigenvalue weighted by Gasteiger charge is 2.21. The zero-order chi connectivity index (χ0) is 13.7. The van der Waals surface area contributed by atoms with E-state index in [1.165, 1.54) is 0 Å². The second-order valence-corrected chi connectivity index (χ2v) is 3.95. The van der Waals surface area contributed by atoms with Gasteiger partial charge in [-0.25, -0.2) is 8.78 Å². The van der Waals surface area contributed by atoms with Gasteiger partial charge in [0.15, 0.2) is 0 Å². The highest BCUT2D eigenvalue weighted by Crippen LogP contribution is 2.11. The molecule has 0 saturated heterocycles. The molecule has 0 atom stereocenters. The van der Waals surface area contributed by atoms with Crippen LogP contribution in [-0.2, 0) is 0 Å². The Morgan fingerprint density at radius 3 is 2.61 bits per heavy atom. The normalized spacial score (nSPS) is 10.8. The van der Waals surface area contributed by atoms with Gasteiger partial charge in [0.05, 0.1) is 24.4 Å². The molecule has 0 spiro atoms. The molecule has 4 nitrogen and oxygen atoms in total. The molecule has 100 valence electrons. The van der Waals surface area contributed by atoms with E-state index in [2.05, 4.69) is 4.98 Å². The van der Waals surface area contributed by atoms with Gasteiger partial charge in [-0.05, 0) is 26.0 Å². The van der Waals surface area contributed by atoms with Gasteiger partial charge in [-0.1, -0.05) is 0 Å². The smallest absolute Gasteiger partial charge is 0.255 e. The summed E-state index contributed by atoms with van der Waals surface area (Å²) in [5, 5.41) is 8.80. The number of halogens is 2. The Labute approximate surface area is 104 Å². The summed E-state index contributed by atoms with van der Waals surface area (Å²) in [4.78, 5) is 17.1. The Morgan fingerprint density at radius 1 is 1.44 bits per heavy atom. The number of amides is 1. The van der Waals surface area contributed by atoms with Crippen LogP contribution < -0.4 is 0 Å². The maximum absolute atomic E-state index is 12.4. The van der Waals surface area contributed by atoms with E-state index in [1.54, 1.807) is 26.0 Å². The van der Waals surface area contributed by atoms with E-state index in [0.29, 0.717) is 5.69 Å². The van der Waals surface area contributed by atoms with Crippen LogP contribution in [0.5, 0.6) is 0 Å². The van der Waals surface area contributed by atoms with Gasteiger partial charge in [-0.15, -0.1) is 0 Å². The number of hydrogen-bond acceptors (Lipinski definition) is 3. The van der Waals surface area contributed by atoms with Crippen LogP contribution in [0, 0.1) is 13.8 Å². The molecule has 0 saturated carbocycles. The highest BCUT2D eigenvalue weighted by atomic mass is 19.3. The van der Waals surface area contributed by atoms with Crippen LogP contribution in [-0.4, -0.2) is 47.0 Å². The molecule has 0 radical (unpaired) electrons. The predicted octanol–water partition coefficient (Wildman–Crippen LogP) is 1.40. The van der Waals surface area contributed by atoms with Crippen LogP contribution in [0.15, 0.2) is 12.1 Å². The van der Waals surface area contributed by atoms with Crippen LogP contribution in [0.25, 0.3) is 0 Å². The summed E-state index contributed by atoms with van der Waals surface area (Å²) in [6.07, 6.45) is -2.63. The van der Waals surface area contributed by atoms with E-state index >= 15 is 0 Å². The van der Waals surface area contributed by atoms with Gasteiger partial charge in [0.1, 0.15) is 0 Å². The number of aryl methyl sites for hydroxylation is 2. The van der Waals surface area contributed by atoms with Gasteiger partial charge in [0, 0.05) is 12.2 Å². The van der Waals surface area contributed by atoms with Crippen molar-refractivity contribution in [2.45, 2.75) is 20.3 Å². The van der Waals surface area contributed by atoms with Gasteiger partial charge in [0.2, 0.25) is 0 Å². The predicted molar refractivity (Wildman–Crippen MR) is 62.7 cm³/mol. The van der Waals surface area contributed by atoms with Crippen LogP contribution in [0.4, 0.5) is 8.78 Å². The summed E-state index contributed by atoms with van der Waals surface area (Å²) in [5.41, 5.74) is 1.54. The number of hydrogen-bond donors (Lipinski definition) is 1. The average molecular weight is 258 g/mol. The zero-order valence-corrected chi connectivity index (χ0v) is 10.4. The Bertz CT molecular complexity index is 425. The quantitative estimate of drug-likeness (QED) is 0.868. The minimum absolute atomic E-state index is 0.115. The summed E-state index contributed by atoms with van der Waals surface area (Å²) < 4.78 is 24.7. The summed E-state index contributed by atoms with van der Waals surface area (Å²) in [6.45, 7) is 2.28. The Balaban J connectivity index is 2.94. The molecule has 0 aliphatic carbocycles. The van der Waals surface area contributed by atoms with Crippen LogP contribution in [0.2, 0.25) is 0 Å². The van der Waals surface area contributed by atoms with Crippen LogP contribution in [0.1, 0.15) is 21.7 Å². The number of aromatic nitrogens is 1. The molecular weight excluding hydrogens is 242 g/mol. The maximum atomic E-state index is 12.4. The monoisotopic (exact) mass is 258 g/mol. The van der Waals surface area contributed by atoms with Crippen molar-refractivity contribution in [3.8, 4) is 0 Å². The van der Waals surface area contributed by atoms with E-state index in [9.17, 15) is 13.6 Å². The fraction of sp³-hybridized carbons (Fsp3) is 0.500. The van der Waals surface area contributed by atoms with Crippen molar-refractivity contribution in [3.63, 3.8) is 0 Å². The molecule has 1 aromatic heterocycles. The fourth-order valence-corrected chi connectivity index (χ4v) is 1.65. The molecule has 1 amide bonds. The van der Waals surface area contributed by atoms with Crippen LogP contribution in [0.3, 0.4) is 0 Å². The number of aliphatic hydroxyl groups is 1. The lowest BCUT2D eigenvalue weighted by Crippen LogP contribution is -2.37. The lowest BCUT2D eigenvalue weighted by molar-refractivity contribution is 0.0508. The van der Waals surface area contributed by atoms with E-state index in [-0.39, 0.29) is 18.7 Å². The molecule has 1 aromatic rings. The third-order valence-electron chi connectivity index (χ3n) is 2.47. The lowest BCUT2D eigenvalue weighted by atomic mass is 10.1. The molecule has 0 aliphatic heterocycles. The molecule has 0 aromatic carbocycles. The second-order valence-electron chi connectivity index (χ2n) is 3.95. The van der Waals surface area contributed by atoms with Gasteiger partial charge in [-0.2, -0.15) is 0 Å².